The third-order valence-electron chi connectivity index (χ3n) is 2.07. The summed E-state index contributed by atoms with van der Waals surface area (Å²) in [6, 6.07) is 7.15. The van der Waals surface area contributed by atoms with E-state index < -0.39 is 9.84 Å². The third kappa shape index (κ3) is 6.28. The molecule has 0 radical (unpaired) electrons. The highest BCUT2D eigenvalue weighted by Gasteiger charge is 2.02. The average molecular weight is 268 g/mol. The Morgan fingerprint density at radius 2 is 2.17 bits per heavy atom. The van der Waals surface area contributed by atoms with E-state index in [-0.39, 0.29) is 12.4 Å². The summed E-state index contributed by atoms with van der Waals surface area (Å²) >= 11 is 0. The van der Waals surface area contributed by atoms with Crippen LogP contribution in [0, 0.1) is 11.8 Å². The van der Waals surface area contributed by atoms with Crippen molar-refractivity contribution in [2.75, 3.05) is 25.2 Å². The Labute approximate surface area is 108 Å². The number of ether oxygens (including phenoxy) is 1. The van der Waals surface area contributed by atoms with Crippen molar-refractivity contribution >= 4 is 9.84 Å². The Bertz CT molecular complexity index is 538. The highest BCUT2D eigenvalue weighted by Crippen LogP contribution is 2.12. The van der Waals surface area contributed by atoms with Crippen molar-refractivity contribution in [3.05, 3.63) is 29.8 Å². The van der Waals surface area contributed by atoms with E-state index >= 15 is 0 Å². The predicted molar refractivity (Wildman–Crippen MR) is 70.2 cm³/mol. The summed E-state index contributed by atoms with van der Waals surface area (Å²) < 4.78 is 27.3. The molecule has 0 saturated heterocycles. The minimum Gasteiger partial charge on any atom is -0.494 e. The molecule has 0 fully saturated rings. The van der Waals surface area contributed by atoms with Crippen LogP contribution in [0.1, 0.15) is 12.0 Å². The quantitative estimate of drug-likeness (QED) is 0.635. The van der Waals surface area contributed by atoms with Crippen LogP contribution in [0.2, 0.25) is 0 Å². The summed E-state index contributed by atoms with van der Waals surface area (Å²) in [6.45, 7) is 0.170. The van der Waals surface area contributed by atoms with E-state index in [0.717, 1.165) is 5.56 Å². The molecule has 4 nitrogen and oxygen atoms in total. The summed E-state index contributed by atoms with van der Waals surface area (Å²) in [5.41, 5.74) is 0.754. The van der Waals surface area contributed by atoms with Gasteiger partial charge in [0.25, 0.3) is 0 Å². The van der Waals surface area contributed by atoms with Crippen LogP contribution in [-0.4, -0.2) is 38.7 Å². The summed E-state index contributed by atoms with van der Waals surface area (Å²) in [5, 5.41) is 8.58. The molecule has 0 unspecified atom stereocenters. The SMILES string of the molecule is CS(=O)(=O)CCCOc1cccc(C#CCO)c1. The molecule has 0 atom stereocenters. The first-order chi connectivity index (χ1) is 8.51. The molecule has 0 aromatic heterocycles. The van der Waals surface area contributed by atoms with Crippen molar-refractivity contribution in [1.29, 1.82) is 0 Å². The van der Waals surface area contributed by atoms with Gasteiger partial charge in [0.15, 0.2) is 0 Å². The molecule has 18 heavy (non-hydrogen) atoms. The van der Waals surface area contributed by atoms with Crippen LogP contribution in [0.15, 0.2) is 24.3 Å². The molecule has 1 N–H and O–H groups in total. The van der Waals surface area contributed by atoms with E-state index in [9.17, 15) is 8.42 Å². The van der Waals surface area contributed by atoms with E-state index in [2.05, 4.69) is 11.8 Å². The van der Waals surface area contributed by atoms with Gasteiger partial charge in [-0.25, -0.2) is 8.42 Å². The molecule has 1 rings (SSSR count). The number of aliphatic hydroxyl groups is 1. The molecular formula is C13H16O4S. The van der Waals surface area contributed by atoms with Gasteiger partial charge >= 0.3 is 0 Å². The zero-order valence-corrected chi connectivity index (χ0v) is 11.0. The number of aliphatic hydroxyl groups excluding tert-OH is 1. The minimum absolute atomic E-state index is 0.122. The Morgan fingerprint density at radius 1 is 1.39 bits per heavy atom. The molecule has 0 amide bonds. The zero-order chi connectivity index (χ0) is 13.4. The molecule has 98 valence electrons. The first-order valence-corrected chi connectivity index (χ1v) is 7.57. The Hall–Kier alpha value is -1.51. The third-order valence-corrected chi connectivity index (χ3v) is 3.10. The van der Waals surface area contributed by atoms with Crippen LogP contribution in [-0.2, 0) is 9.84 Å². The lowest BCUT2D eigenvalue weighted by atomic mass is 10.2. The second-order valence-electron chi connectivity index (χ2n) is 3.82. The second-order valence-corrected chi connectivity index (χ2v) is 6.08. The molecular weight excluding hydrogens is 252 g/mol. The first-order valence-electron chi connectivity index (χ1n) is 5.51. The molecule has 5 heteroatoms. The number of hydrogen-bond donors (Lipinski definition) is 1. The van der Waals surface area contributed by atoms with E-state index in [4.69, 9.17) is 9.84 Å². The number of rotatable bonds is 5. The van der Waals surface area contributed by atoms with Crippen LogP contribution in [0.3, 0.4) is 0 Å². The van der Waals surface area contributed by atoms with Gasteiger partial charge in [0.2, 0.25) is 0 Å². The van der Waals surface area contributed by atoms with Crippen LogP contribution < -0.4 is 4.74 Å². The normalized spacial score (nSPS) is 10.6. The van der Waals surface area contributed by atoms with Crippen LogP contribution in [0.5, 0.6) is 5.75 Å². The Morgan fingerprint density at radius 3 is 2.83 bits per heavy atom. The first kappa shape index (κ1) is 14.6. The van der Waals surface area contributed by atoms with Gasteiger partial charge in [-0.1, -0.05) is 17.9 Å². The van der Waals surface area contributed by atoms with Crippen molar-refractivity contribution in [3.63, 3.8) is 0 Å². The lowest BCUT2D eigenvalue weighted by Crippen LogP contribution is -2.07. The number of sulfone groups is 1. The van der Waals surface area contributed by atoms with Gasteiger partial charge in [0.1, 0.15) is 22.2 Å². The van der Waals surface area contributed by atoms with Gasteiger partial charge in [-0.05, 0) is 24.6 Å². The number of hydrogen-bond acceptors (Lipinski definition) is 4. The lowest BCUT2D eigenvalue weighted by molar-refractivity contribution is 0.317. The molecule has 0 bridgehead atoms. The fourth-order valence-electron chi connectivity index (χ4n) is 1.32. The highest BCUT2D eigenvalue weighted by atomic mass is 32.2. The van der Waals surface area contributed by atoms with E-state index in [0.29, 0.717) is 18.8 Å². The van der Waals surface area contributed by atoms with Crippen molar-refractivity contribution < 1.29 is 18.3 Å². The Balaban J connectivity index is 2.48. The molecule has 1 aromatic carbocycles. The molecule has 1 aromatic rings. The van der Waals surface area contributed by atoms with Crippen LogP contribution in [0.25, 0.3) is 0 Å². The zero-order valence-electron chi connectivity index (χ0n) is 10.2. The molecule has 0 spiro atoms. The van der Waals surface area contributed by atoms with E-state index in [1.54, 1.807) is 18.2 Å². The predicted octanol–water partition coefficient (Wildman–Crippen LogP) is 0.844. The fraction of sp³-hybridized carbons (Fsp3) is 0.385. The van der Waals surface area contributed by atoms with Crippen LogP contribution >= 0.6 is 0 Å². The van der Waals surface area contributed by atoms with Crippen molar-refractivity contribution in [2.24, 2.45) is 0 Å². The average Bonchev–Trinajstić information content (AvgIpc) is 2.31. The molecule has 0 aliphatic carbocycles. The smallest absolute Gasteiger partial charge is 0.147 e. The molecule has 0 heterocycles. The monoisotopic (exact) mass is 268 g/mol. The van der Waals surface area contributed by atoms with Crippen molar-refractivity contribution in [2.45, 2.75) is 6.42 Å². The standard InChI is InChI=1S/C13H16O4S/c1-18(15,16)10-4-9-17-13-7-2-5-12(11-13)6-3-8-14/h2,5,7,11,14H,4,8-10H2,1H3. The molecule has 0 saturated carbocycles. The topological polar surface area (TPSA) is 63.6 Å². The van der Waals surface area contributed by atoms with Gasteiger partial charge in [-0.3, -0.25) is 0 Å². The second kappa shape index (κ2) is 7.04. The summed E-state index contributed by atoms with van der Waals surface area (Å²) in [4.78, 5) is 0. The Kier molecular flexibility index (Phi) is 5.69. The summed E-state index contributed by atoms with van der Waals surface area (Å²) in [5.74, 6) is 6.09. The highest BCUT2D eigenvalue weighted by molar-refractivity contribution is 7.90. The summed E-state index contributed by atoms with van der Waals surface area (Å²) in [7, 11) is -2.93. The van der Waals surface area contributed by atoms with Gasteiger partial charge in [-0.15, -0.1) is 0 Å². The maximum Gasteiger partial charge on any atom is 0.147 e. The van der Waals surface area contributed by atoms with E-state index in [1.807, 2.05) is 6.07 Å². The van der Waals surface area contributed by atoms with E-state index in [1.165, 1.54) is 6.26 Å². The van der Waals surface area contributed by atoms with Gasteiger partial charge in [0.05, 0.1) is 12.4 Å². The van der Waals surface area contributed by atoms with Crippen molar-refractivity contribution in [1.82, 2.24) is 0 Å². The lowest BCUT2D eigenvalue weighted by Gasteiger charge is -2.05. The molecule has 0 aliphatic rings. The van der Waals surface area contributed by atoms with Gasteiger partial charge in [0, 0.05) is 11.8 Å². The minimum atomic E-state index is -2.93. The maximum absolute atomic E-state index is 10.9. The maximum atomic E-state index is 10.9. The largest absolute Gasteiger partial charge is 0.494 e. The van der Waals surface area contributed by atoms with Crippen LogP contribution in [0.4, 0.5) is 0 Å². The molecule has 0 aliphatic heterocycles. The van der Waals surface area contributed by atoms with Gasteiger partial charge in [-0.2, -0.15) is 0 Å². The van der Waals surface area contributed by atoms with Gasteiger partial charge < -0.3 is 9.84 Å². The summed E-state index contributed by atoms with van der Waals surface area (Å²) in [6.07, 6.45) is 1.67. The fourth-order valence-corrected chi connectivity index (χ4v) is 1.96. The van der Waals surface area contributed by atoms with Crippen molar-refractivity contribution in [3.8, 4) is 17.6 Å². The number of benzene rings is 1.